The molecule has 3 heterocycles. The van der Waals surface area contributed by atoms with Crippen LogP contribution in [0.15, 0.2) is 29.3 Å². The molecule has 0 unspecified atom stereocenters. The molecule has 3 rings (SSSR count). The van der Waals surface area contributed by atoms with Crippen molar-refractivity contribution in [1.82, 2.24) is 19.5 Å². The van der Waals surface area contributed by atoms with Gasteiger partial charge in [-0.3, -0.25) is 9.36 Å². The standard InChI is InChI=1S/C15H16N4O/c1-3-7-19-10(2)18-13(15(19)20)8-11-9-17-14-12(11)5-4-6-16-14/h4-6,8-9,18H,2-3,7H2,1H3,(H,16,17)/b13-8-. The van der Waals surface area contributed by atoms with Gasteiger partial charge in [-0.05, 0) is 24.6 Å². The van der Waals surface area contributed by atoms with Crippen molar-refractivity contribution in [2.45, 2.75) is 19.9 Å². The first-order chi connectivity index (χ1) is 9.70. The molecular formula is C15H16N4O. The third-order valence-corrected chi connectivity index (χ3v) is 3.31. The maximum absolute atomic E-state index is 12.3. The minimum absolute atomic E-state index is 0.0323. The summed E-state index contributed by atoms with van der Waals surface area (Å²) < 4.78 is 1.67. The highest BCUT2D eigenvalue weighted by atomic mass is 16.1. The van der Waals surface area contributed by atoms with Crippen molar-refractivity contribution in [2.24, 2.45) is 0 Å². The van der Waals surface area contributed by atoms with E-state index in [1.807, 2.05) is 31.3 Å². The predicted molar refractivity (Wildman–Crippen MR) is 79.8 cm³/mol. The van der Waals surface area contributed by atoms with Crippen LogP contribution >= 0.6 is 0 Å². The Balaban J connectivity index is 2.20. The summed E-state index contributed by atoms with van der Waals surface area (Å²) >= 11 is 0. The Bertz CT molecular complexity index is 913. The minimum atomic E-state index is -0.0323. The normalized spacial score (nSPS) is 12.3. The number of aromatic amines is 2. The van der Waals surface area contributed by atoms with Crippen LogP contribution in [0.2, 0.25) is 0 Å². The summed E-state index contributed by atoms with van der Waals surface area (Å²) in [6, 6.07) is 3.85. The van der Waals surface area contributed by atoms with Crippen molar-refractivity contribution >= 4 is 23.7 Å². The molecule has 5 heteroatoms. The molecule has 0 spiro atoms. The fourth-order valence-electron chi connectivity index (χ4n) is 2.35. The fourth-order valence-corrected chi connectivity index (χ4v) is 2.35. The van der Waals surface area contributed by atoms with E-state index in [1.165, 1.54) is 0 Å². The summed E-state index contributed by atoms with van der Waals surface area (Å²) in [4.78, 5) is 22.7. The van der Waals surface area contributed by atoms with E-state index in [1.54, 1.807) is 10.8 Å². The third kappa shape index (κ3) is 1.97. The van der Waals surface area contributed by atoms with Gasteiger partial charge >= 0.3 is 0 Å². The molecule has 0 aliphatic rings. The second-order valence-corrected chi connectivity index (χ2v) is 4.73. The summed E-state index contributed by atoms with van der Waals surface area (Å²) in [5, 5.41) is 1.54. The van der Waals surface area contributed by atoms with E-state index in [-0.39, 0.29) is 5.56 Å². The maximum atomic E-state index is 12.3. The summed E-state index contributed by atoms with van der Waals surface area (Å²) in [5.41, 5.74) is 2.36. The lowest BCUT2D eigenvalue weighted by atomic mass is 10.2. The predicted octanol–water partition coefficient (Wildman–Crippen LogP) is 0.702. The summed E-state index contributed by atoms with van der Waals surface area (Å²) in [7, 11) is 0. The molecule has 0 aliphatic heterocycles. The largest absolute Gasteiger partial charge is 0.346 e. The van der Waals surface area contributed by atoms with Crippen LogP contribution in [0.3, 0.4) is 0 Å². The molecule has 0 bridgehead atoms. The molecule has 0 aromatic carbocycles. The van der Waals surface area contributed by atoms with Gasteiger partial charge in [0.25, 0.3) is 5.56 Å². The van der Waals surface area contributed by atoms with Crippen molar-refractivity contribution in [3.63, 3.8) is 0 Å². The van der Waals surface area contributed by atoms with Gasteiger partial charge in [0, 0.05) is 29.9 Å². The van der Waals surface area contributed by atoms with Gasteiger partial charge in [-0.15, -0.1) is 0 Å². The number of hydrogen-bond acceptors (Lipinski definition) is 2. The third-order valence-electron chi connectivity index (χ3n) is 3.31. The highest BCUT2D eigenvalue weighted by Crippen LogP contribution is 2.15. The number of H-pyrrole nitrogens is 2. The van der Waals surface area contributed by atoms with Gasteiger partial charge in [-0.25, -0.2) is 4.98 Å². The van der Waals surface area contributed by atoms with Crippen LogP contribution in [0, 0.1) is 0 Å². The van der Waals surface area contributed by atoms with E-state index in [2.05, 4.69) is 21.5 Å². The molecule has 20 heavy (non-hydrogen) atoms. The lowest BCUT2D eigenvalue weighted by Crippen LogP contribution is -2.30. The first-order valence-corrected chi connectivity index (χ1v) is 6.62. The Kier molecular flexibility index (Phi) is 3.02. The number of pyridine rings is 1. The number of nitrogens with zero attached hydrogens (tertiary/aromatic N) is 2. The Morgan fingerprint density at radius 3 is 3.15 bits per heavy atom. The smallest absolute Gasteiger partial charge is 0.275 e. The lowest BCUT2D eigenvalue weighted by Gasteiger charge is -1.94. The van der Waals surface area contributed by atoms with Crippen molar-refractivity contribution in [3.8, 4) is 0 Å². The Morgan fingerprint density at radius 2 is 2.35 bits per heavy atom. The van der Waals surface area contributed by atoms with E-state index < -0.39 is 0 Å². The van der Waals surface area contributed by atoms with Gasteiger partial charge in [0.05, 0.1) is 0 Å². The maximum Gasteiger partial charge on any atom is 0.275 e. The molecule has 3 aromatic rings. The van der Waals surface area contributed by atoms with Crippen LogP contribution in [0.5, 0.6) is 0 Å². The minimum Gasteiger partial charge on any atom is -0.346 e. The van der Waals surface area contributed by atoms with Gasteiger partial charge in [0.1, 0.15) is 16.5 Å². The van der Waals surface area contributed by atoms with Gasteiger partial charge in [-0.2, -0.15) is 0 Å². The number of aromatic nitrogens is 4. The van der Waals surface area contributed by atoms with E-state index in [0.29, 0.717) is 17.4 Å². The Morgan fingerprint density at radius 1 is 1.50 bits per heavy atom. The molecule has 0 amide bonds. The topological polar surface area (TPSA) is 66.5 Å². The average molecular weight is 268 g/mol. The first-order valence-electron chi connectivity index (χ1n) is 6.62. The van der Waals surface area contributed by atoms with Gasteiger partial charge in [0.2, 0.25) is 0 Å². The van der Waals surface area contributed by atoms with Crippen molar-refractivity contribution < 1.29 is 0 Å². The Labute approximate surface area is 115 Å². The second-order valence-electron chi connectivity index (χ2n) is 4.73. The van der Waals surface area contributed by atoms with Gasteiger partial charge < -0.3 is 9.97 Å². The van der Waals surface area contributed by atoms with Crippen molar-refractivity contribution in [2.75, 3.05) is 0 Å². The van der Waals surface area contributed by atoms with Crippen LogP contribution in [0.1, 0.15) is 18.9 Å². The second kappa shape index (κ2) is 4.85. The highest BCUT2D eigenvalue weighted by molar-refractivity contribution is 5.85. The monoisotopic (exact) mass is 268 g/mol. The van der Waals surface area contributed by atoms with Crippen molar-refractivity contribution in [3.05, 3.63) is 51.3 Å². The van der Waals surface area contributed by atoms with E-state index >= 15 is 0 Å². The zero-order chi connectivity index (χ0) is 14.1. The van der Waals surface area contributed by atoms with Gasteiger partial charge in [-0.1, -0.05) is 13.5 Å². The SMILES string of the molecule is C=c1[nH]/c(=C\c2c[nH]c3ncccc23)c(=O)n1CCC. The molecule has 0 saturated heterocycles. The number of nitrogens with one attached hydrogen (secondary N) is 2. The zero-order valence-corrected chi connectivity index (χ0v) is 11.3. The van der Waals surface area contributed by atoms with E-state index in [0.717, 1.165) is 23.0 Å². The molecule has 102 valence electrons. The fraction of sp³-hybridized carbons (Fsp3) is 0.200. The summed E-state index contributed by atoms with van der Waals surface area (Å²) in [6.45, 7) is 6.59. The number of fused-ring (bicyclic) bond motifs is 1. The van der Waals surface area contributed by atoms with Crippen LogP contribution in [-0.2, 0) is 6.54 Å². The van der Waals surface area contributed by atoms with Crippen molar-refractivity contribution in [1.29, 1.82) is 0 Å². The first kappa shape index (κ1) is 12.5. The van der Waals surface area contributed by atoms with Crippen LogP contribution < -0.4 is 16.4 Å². The zero-order valence-electron chi connectivity index (χ0n) is 11.3. The molecule has 3 aromatic heterocycles. The quantitative estimate of drug-likeness (QED) is 0.734. The van der Waals surface area contributed by atoms with E-state index in [9.17, 15) is 4.79 Å². The summed E-state index contributed by atoms with van der Waals surface area (Å²) in [5.74, 6) is 0. The van der Waals surface area contributed by atoms with Crippen LogP contribution in [0.4, 0.5) is 0 Å². The molecule has 0 radical (unpaired) electrons. The molecule has 0 atom stereocenters. The number of imidazole rings is 1. The molecule has 2 N–H and O–H groups in total. The number of hydrogen-bond donors (Lipinski definition) is 2. The number of rotatable bonds is 3. The lowest BCUT2D eigenvalue weighted by molar-refractivity contribution is 0.642. The Hall–Kier alpha value is -2.56. The molecule has 0 aliphatic carbocycles. The van der Waals surface area contributed by atoms with E-state index in [4.69, 9.17) is 0 Å². The molecular weight excluding hydrogens is 252 g/mol. The molecule has 0 saturated carbocycles. The average Bonchev–Trinajstić information content (AvgIpc) is 2.97. The highest BCUT2D eigenvalue weighted by Gasteiger charge is 2.04. The van der Waals surface area contributed by atoms with Crippen LogP contribution in [-0.4, -0.2) is 19.5 Å². The van der Waals surface area contributed by atoms with Crippen LogP contribution in [0.25, 0.3) is 23.7 Å². The summed E-state index contributed by atoms with van der Waals surface area (Å²) in [6.07, 6.45) is 6.32. The molecule has 0 fully saturated rings. The molecule has 5 nitrogen and oxygen atoms in total. The van der Waals surface area contributed by atoms with Gasteiger partial charge in [0.15, 0.2) is 0 Å².